The van der Waals surface area contributed by atoms with Crippen molar-refractivity contribution in [3.63, 3.8) is 0 Å². The van der Waals surface area contributed by atoms with Crippen LogP contribution in [0.2, 0.25) is 0 Å². The summed E-state index contributed by atoms with van der Waals surface area (Å²) in [5.74, 6) is 0.856. The van der Waals surface area contributed by atoms with E-state index in [2.05, 4.69) is 47.0 Å². The van der Waals surface area contributed by atoms with E-state index in [0.717, 1.165) is 18.1 Å². The zero-order valence-corrected chi connectivity index (χ0v) is 16.2. The van der Waals surface area contributed by atoms with E-state index in [4.69, 9.17) is 10.5 Å². The summed E-state index contributed by atoms with van der Waals surface area (Å²) in [7, 11) is 1.75. The molecule has 0 spiro atoms. The van der Waals surface area contributed by atoms with E-state index in [9.17, 15) is 4.79 Å². The third kappa shape index (κ3) is 6.07. The van der Waals surface area contributed by atoms with Crippen LogP contribution >= 0.6 is 11.3 Å². The minimum absolute atomic E-state index is 0.0221. The van der Waals surface area contributed by atoms with Crippen LogP contribution in [0.4, 0.5) is 0 Å². The van der Waals surface area contributed by atoms with Gasteiger partial charge in [-0.3, -0.25) is 9.79 Å². The fraction of sp³-hybridized carbons (Fsp3) is 0.368. The van der Waals surface area contributed by atoms with Gasteiger partial charge < -0.3 is 21.1 Å². The van der Waals surface area contributed by atoms with Crippen LogP contribution in [0, 0.1) is 0 Å². The minimum atomic E-state index is -0.494. The highest BCUT2D eigenvalue weighted by Crippen LogP contribution is 2.26. The van der Waals surface area contributed by atoms with Crippen molar-refractivity contribution in [1.82, 2.24) is 10.6 Å². The Labute approximate surface area is 158 Å². The fourth-order valence-corrected chi connectivity index (χ4v) is 3.21. The van der Waals surface area contributed by atoms with Crippen molar-refractivity contribution in [3.8, 4) is 5.75 Å². The maximum atomic E-state index is 10.8. The number of carbonyl (C=O) groups is 1. The maximum absolute atomic E-state index is 10.8. The maximum Gasteiger partial charge on any atom is 0.255 e. The number of carbonyl (C=O) groups excluding carboxylic acids is 1. The average molecular weight is 375 g/mol. The molecule has 0 unspecified atom stereocenters. The third-order valence-corrected chi connectivity index (χ3v) is 5.08. The summed E-state index contributed by atoms with van der Waals surface area (Å²) < 4.78 is 5.33. The quantitative estimate of drug-likeness (QED) is 0.488. The Morgan fingerprint density at radius 2 is 2.08 bits per heavy atom. The molecular formula is C19H26N4O2S. The van der Waals surface area contributed by atoms with Crippen molar-refractivity contribution in [2.24, 2.45) is 10.7 Å². The average Bonchev–Trinajstić information content (AvgIpc) is 3.16. The predicted octanol–water partition coefficient (Wildman–Crippen LogP) is 2.26. The molecule has 4 N–H and O–H groups in total. The van der Waals surface area contributed by atoms with Gasteiger partial charge in [0.05, 0.1) is 0 Å². The molecule has 0 aliphatic carbocycles. The van der Waals surface area contributed by atoms with Gasteiger partial charge in [-0.05, 0) is 29.1 Å². The number of benzene rings is 1. The Hall–Kier alpha value is -2.54. The molecule has 0 saturated carbocycles. The zero-order chi connectivity index (χ0) is 19.0. The summed E-state index contributed by atoms with van der Waals surface area (Å²) >= 11 is 1.76. The molecule has 2 rings (SSSR count). The number of nitrogens with two attached hydrogens (primary N) is 1. The number of primary amides is 1. The van der Waals surface area contributed by atoms with Gasteiger partial charge >= 0.3 is 0 Å². The molecule has 0 saturated heterocycles. The Morgan fingerprint density at radius 1 is 1.27 bits per heavy atom. The monoisotopic (exact) mass is 374 g/mol. The summed E-state index contributed by atoms with van der Waals surface area (Å²) in [6.07, 6.45) is 0. The topological polar surface area (TPSA) is 88.7 Å². The number of thiophene rings is 1. The van der Waals surface area contributed by atoms with Crippen LogP contribution in [0.25, 0.3) is 0 Å². The standard InChI is InChI=1S/C19H26N4O2S/c1-19(2,16-8-5-9-26-16)13-23-18(21-3)22-11-14-6-4-7-15(10-14)25-12-17(20)24/h4-10H,11-13H2,1-3H3,(H2,20,24)(H2,21,22,23). The first kappa shape index (κ1) is 19.8. The normalized spacial score (nSPS) is 11.9. The summed E-state index contributed by atoms with van der Waals surface area (Å²) in [5.41, 5.74) is 6.14. The Kier molecular flexibility index (Phi) is 7.03. The van der Waals surface area contributed by atoms with Gasteiger partial charge in [0.1, 0.15) is 5.75 Å². The molecule has 0 aliphatic heterocycles. The molecule has 7 heteroatoms. The highest BCUT2D eigenvalue weighted by atomic mass is 32.1. The van der Waals surface area contributed by atoms with Crippen molar-refractivity contribution in [3.05, 3.63) is 52.2 Å². The number of nitrogens with one attached hydrogen (secondary N) is 2. The molecule has 1 aromatic carbocycles. The molecular weight excluding hydrogens is 348 g/mol. The molecule has 0 fully saturated rings. The van der Waals surface area contributed by atoms with E-state index < -0.39 is 5.91 Å². The Bertz CT molecular complexity index is 742. The first-order chi connectivity index (χ1) is 12.4. The van der Waals surface area contributed by atoms with Crippen molar-refractivity contribution < 1.29 is 9.53 Å². The first-order valence-electron chi connectivity index (χ1n) is 8.39. The van der Waals surface area contributed by atoms with Crippen LogP contribution in [-0.4, -0.2) is 32.1 Å². The SMILES string of the molecule is CN=C(NCc1cccc(OCC(N)=O)c1)NCC(C)(C)c1cccs1. The van der Waals surface area contributed by atoms with E-state index in [1.807, 2.05) is 18.2 Å². The molecule has 26 heavy (non-hydrogen) atoms. The number of amides is 1. The minimum Gasteiger partial charge on any atom is -0.484 e. The van der Waals surface area contributed by atoms with Gasteiger partial charge in [-0.15, -0.1) is 11.3 Å². The van der Waals surface area contributed by atoms with Gasteiger partial charge in [0.2, 0.25) is 0 Å². The van der Waals surface area contributed by atoms with Gasteiger partial charge in [0.15, 0.2) is 12.6 Å². The molecule has 2 aromatic rings. The number of rotatable bonds is 8. The van der Waals surface area contributed by atoms with E-state index >= 15 is 0 Å². The summed E-state index contributed by atoms with van der Waals surface area (Å²) in [6, 6.07) is 11.8. The lowest BCUT2D eigenvalue weighted by atomic mass is 9.91. The number of hydrogen-bond acceptors (Lipinski definition) is 4. The van der Waals surface area contributed by atoms with Gasteiger partial charge in [-0.25, -0.2) is 0 Å². The van der Waals surface area contributed by atoms with E-state index in [-0.39, 0.29) is 12.0 Å². The molecule has 1 heterocycles. The predicted molar refractivity (Wildman–Crippen MR) is 107 cm³/mol. The Balaban J connectivity index is 1.87. The van der Waals surface area contributed by atoms with Crippen LogP contribution < -0.4 is 21.1 Å². The number of aliphatic imine (C=N–C) groups is 1. The summed E-state index contributed by atoms with van der Waals surface area (Å²) in [4.78, 5) is 16.4. The van der Waals surface area contributed by atoms with Gasteiger partial charge in [-0.2, -0.15) is 0 Å². The van der Waals surface area contributed by atoms with E-state index in [1.54, 1.807) is 24.5 Å². The number of nitrogens with zero attached hydrogens (tertiary/aromatic N) is 1. The molecule has 6 nitrogen and oxygen atoms in total. The second kappa shape index (κ2) is 9.24. The largest absolute Gasteiger partial charge is 0.484 e. The van der Waals surface area contributed by atoms with Crippen LogP contribution in [0.3, 0.4) is 0 Å². The lowest BCUT2D eigenvalue weighted by Crippen LogP contribution is -2.42. The lowest BCUT2D eigenvalue weighted by molar-refractivity contribution is -0.119. The summed E-state index contributed by atoms with van der Waals surface area (Å²) in [5, 5.41) is 8.76. The Morgan fingerprint density at radius 3 is 2.73 bits per heavy atom. The molecule has 140 valence electrons. The zero-order valence-electron chi connectivity index (χ0n) is 15.4. The first-order valence-corrected chi connectivity index (χ1v) is 9.27. The van der Waals surface area contributed by atoms with Crippen LogP contribution in [0.5, 0.6) is 5.75 Å². The smallest absolute Gasteiger partial charge is 0.255 e. The fourth-order valence-electron chi connectivity index (χ4n) is 2.36. The highest BCUT2D eigenvalue weighted by molar-refractivity contribution is 7.10. The van der Waals surface area contributed by atoms with Crippen LogP contribution in [0.1, 0.15) is 24.3 Å². The molecule has 1 aromatic heterocycles. The van der Waals surface area contributed by atoms with Gasteiger partial charge in [-0.1, -0.05) is 32.0 Å². The lowest BCUT2D eigenvalue weighted by Gasteiger charge is -2.25. The third-order valence-electron chi connectivity index (χ3n) is 3.85. The number of hydrogen-bond donors (Lipinski definition) is 3. The number of guanidine groups is 1. The van der Waals surface area contributed by atoms with Crippen molar-refractivity contribution >= 4 is 23.2 Å². The number of ether oxygens (including phenoxy) is 1. The second-order valence-electron chi connectivity index (χ2n) is 6.54. The molecule has 0 bridgehead atoms. The van der Waals surface area contributed by atoms with Crippen molar-refractivity contribution in [2.45, 2.75) is 25.8 Å². The molecule has 1 amide bonds. The van der Waals surface area contributed by atoms with Crippen molar-refractivity contribution in [2.75, 3.05) is 20.2 Å². The second-order valence-corrected chi connectivity index (χ2v) is 7.49. The van der Waals surface area contributed by atoms with Gasteiger partial charge in [0.25, 0.3) is 5.91 Å². The highest BCUT2D eigenvalue weighted by Gasteiger charge is 2.21. The molecule has 0 radical (unpaired) electrons. The van der Waals surface area contributed by atoms with Gasteiger partial charge in [0, 0.05) is 30.4 Å². The van der Waals surface area contributed by atoms with Crippen LogP contribution in [-0.2, 0) is 16.8 Å². The molecule has 0 aliphatic rings. The summed E-state index contributed by atoms with van der Waals surface area (Å²) in [6.45, 7) is 5.65. The van der Waals surface area contributed by atoms with E-state index in [1.165, 1.54) is 4.88 Å². The van der Waals surface area contributed by atoms with Crippen molar-refractivity contribution in [1.29, 1.82) is 0 Å². The van der Waals surface area contributed by atoms with E-state index in [0.29, 0.717) is 12.3 Å². The van der Waals surface area contributed by atoms with Crippen LogP contribution in [0.15, 0.2) is 46.8 Å². The molecule has 0 atom stereocenters.